The summed E-state index contributed by atoms with van der Waals surface area (Å²) in [5, 5.41) is 6.38. The van der Waals surface area contributed by atoms with Gasteiger partial charge in [0.05, 0.1) is 6.54 Å². The van der Waals surface area contributed by atoms with Crippen LogP contribution in [0.3, 0.4) is 0 Å². The molecule has 0 bridgehead atoms. The van der Waals surface area contributed by atoms with Crippen LogP contribution in [0.4, 0.5) is 0 Å². The Hall–Kier alpha value is -0.570. The Labute approximate surface area is 106 Å². The molecule has 17 heavy (non-hydrogen) atoms. The summed E-state index contributed by atoms with van der Waals surface area (Å²) in [6.07, 6.45) is 7.27. The zero-order chi connectivity index (χ0) is 12.7. The van der Waals surface area contributed by atoms with Gasteiger partial charge in [0.1, 0.15) is 0 Å². The third-order valence-corrected chi connectivity index (χ3v) is 4.30. The number of rotatable bonds is 8. The minimum Gasteiger partial charge on any atom is -0.352 e. The van der Waals surface area contributed by atoms with Gasteiger partial charge < -0.3 is 10.6 Å². The first-order valence-electron chi connectivity index (χ1n) is 7.16. The Morgan fingerprint density at radius 3 is 2.29 bits per heavy atom. The van der Waals surface area contributed by atoms with E-state index in [2.05, 4.69) is 31.4 Å². The van der Waals surface area contributed by atoms with E-state index in [1.165, 1.54) is 25.7 Å². The lowest BCUT2D eigenvalue weighted by molar-refractivity contribution is -0.121. The van der Waals surface area contributed by atoms with Crippen LogP contribution in [0.15, 0.2) is 0 Å². The fourth-order valence-electron chi connectivity index (χ4n) is 2.54. The smallest absolute Gasteiger partial charge is 0.234 e. The average molecular weight is 240 g/mol. The molecule has 3 nitrogen and oxygen atoms in total. The molecular formula is C14H28N2O. The van der Waals surface area contributed by atoms with Crippen LogP contribution < -0.4 is 10.6 Å². The molecule has 0 unspecified atom stereocenters. The number of hydrogen-bond donors (Lipinski definition) is 2. The molecule has 0 saturated heterocycles. The van der Waals surface area contributed by atoms with Crippen LogP contribution >= 0.6 is 0 Å². The molecule has 0 aromatic heterocycles. The Balaban J connectivity index is 2.15. The van der Waals surface area contributed by atoms with Gasteiger partial charge in [0, 0.05) is 12.6 Å². The van der Waals surface area contributed by atoms with Crippen molar-refractivity contribution in [2.24, 2.45) is 5.41 Å². The molecule has 0 aromatic rings. The maximum Gasteiger partial charge on any atom is 0.234 e. The van der Waals surface area contributed by atoms with E-state index in [1.54, 1.807) is 0 Å². The third kappa shape index (κ3) is 4.30. The van der Waals surface area contributed by atoms with E-state index in [1.807, 2.05) is 0 Å². The van der Waals surface area contributed by atoms with E-state index in [4.69, 9.17) is 0 Å². The number of nitrogens with one attached hydrogen (secondary N) is 2. The minimum absolute atomic E-state index is 0.143. The van der Waals surface area contributed by atoms with E-state index in [9.17, 15) is 4.79 Å². The highest BCUT2D eigenvalue weighted by Gasteiger charge is 2.34. The molecule has 0 aliphatic heterocycles. The summed E-state index contributed by atoms with van der Waals surface area (Å²) < 4.78 is 0. The van der Waals surface area contributed by atoms with Crippen LogP contribution in [0.5, 0.6) is 0 Å². The fraction of sp³-hybridized carbons (Fsp3) is 0.929. The van der Waals surface area contributed by atoms with Crippen LogP contribution in [0.2, 0.25) is 0 Å². The lowest BCUT2D eigenvalue weighted by Crippen LogP contribution is -2.45. The van der Waals surface area contributed by atoms with Crippen LogP contribution in [0.1, 0.15) is 59.3 Å². The fourth-order valence-corrected chi connectivity index (χ4v) is 2.54. The first-order chi connectivity index (χ1) is 8.15. The average Bonchev–Trinajstić information content (AvgIpc) is 2.29. The van der Waals surface area contributed by atoms with Gasteiger partial charge in [0.15, 0.2) is 0 Å². The second-order valence-electron chi connectivity index (χ2n) is 5.39. The summed E-state index contributed by atoms with van der Waals surface area (Å²) in [5.74, 6) is 0.143. The lowest BCUT2D eigenvalue weighted by Gasteiger charge is -2.41. The largest absolute Gasteiger partial charge is 0.352 e. The maximum absolute atomic E-state index is 11.7. The van der Waals surface area contributed by atoms with E-state index in [0.29, 0.717) is 18.0 Å². The first-order valence-corrected chi connectivity index (χ1v) is 7.16. The summed E-state index contributed by atoms with van der Waals surface area (Å²) in [7, 11) is 0. The lowest BCUT2D eigenvalue weighted by atomic mass is 9.67. The van der Waals surface area contributed by atoms with Crippen molar-refractivity contribution in [3.8, 4) is 0 Å². The molecule has 1 aliphatic carbocycles. The zero-order valence-electron chi connectivity index (χ0n) is 11.6. The van der Waals surface area contributed by atoms with Crippen molar-refractivity contribution in [3.63, 3.8) is 0 Å². The molecular weight excluding hydrogens is 212 g/mol. The van der Waals surface area contributed by atoms with Crippen LogP contribution in [-0.2, 0) is 4.79 Å². The van der Waals surface area contributed by atoms with Crippen molar-refractivity contribution in [2.45, 2.75) is 65.3 Å². The summed E-state index contributed by atoms with van der Waals surface area (Å²) in [6.45, 7) is 7.95. The van der Waals surface area contributed by atoms with Crippen LogP contribution in [0, 0.1) is 5.41 Å². The van der Waals surface area contributed by atoms with E-state index < -0.39 is 0 Å². The van der Waals surface area contributed by atoms with Gasteiger partial charge in [-0.15, -0.1) is 0 Å². The molecule has 0 spiro atoms. The second-order valence-corrected chi connectivity index (χ2v) is 5.39. The molecule has 1 fully saturated rings. The van der Waals surface area contributed by atoms with Crippen molar-refractivity contribution in [1.82, 2.24) is 10.6 Å². The number of carbonyl (C=O) groups is 1. The molecule has 1 saturated carbocycles. The van der Waals surface area contributed by atoms with Crippen molar-refractivity contribution in [3.05, 3.63) is 0 Å². The molecule has 0 aromatic carbocycles. The summed E-state index contributed by atoms with van der Waals surface area (Å²) in [6, 6.07) is 0.341. The van der Waals surface area contributed by atoms with Crippen molar-refractivity contribution in [2.75, 3.05) is 13.1 Å². The molecule has 2 N–H and O–H groups in total. The SMILES string of the molecule is CCC(CC)NC(=O)CNCC1(CC)CCC1. The number of amides is 1. The Morgan fingerprint density at radius 1 is 1.24 bits per heavy atom. The predicted molar refractivity (Wildman–Crippen MR) is 72.0 cm³/mol. The Kier molecular flexibility index (Phi) is 5.96. The quantitative estimate of drug-likeness (QED) is 0.684. The van der Waals surface area contributed by atoms with Gasteiger partial charge in [-0.3, -0.25) is 4.79 Å². The van der Waals surface area contributed by atoms with Gasteiger partial charge in [0.25, 0.3) is 0 Å². The molecule has 0 atom stereocenters. The highest BCUT2D eigenvalue weighted by molar-refractivity contribution is 5.78. The minimum atomic E-state index is 0.143. The molecule has 1 rings (SSSR count). The van der Waals surface area contributed by atoms with Crippen molar-refractivity contribution >= 4 is 5.91 Å². The topological polar surface area (TPSA) is 41.1 Å². The molecule has 1 aliphatic rings. The molecule has 1 amide bonds. The number of carbonyl (C=O) groups excluding carboxylic acids is 1. The predicted octanol–water partition coefficient (Wildman–Crippen LogP) is 2.46. The first kappa shape index (κ1) is 14.5. The highest BCUT2D eigenvalue weighted by atomic mass is 16.1. The van der Waals surface area contributed by atoms with Gasteiger partial charge in [0.2, 0.25) is 5.91 Å². The molecule has 0 radical (unpaired) electrons. The Morgan fingerprint density at radius 2 is 1.88 bits per heavy atom. The van der Waals surface area contributed by atoms with Gasteiger partial charge in [-0.2, -0.15) is 0 Å². The molecule has 3 heteroatoms. The van der Waals surface area contributed by atoms with E-state index in [-0.39, 0.29) is 5.91 Å². The van der Waals surface area contributed by atoms with E-state index in [0.717, 1.165) is 19.4 Å². The summed E-state index contributed by atoms with van der Waals surface area (Å²) in [5.41, 5.74) is 0.495. The van der Waals surface area contributed by atoms with Crippen LogP contribution in [0.25, 0.3) is 0 Å². The number of hydrogen-bond acceptors (Lipinski definition) is 2. The maximum atomic E-state index is 11.7. The standard InChI is InChI=1S/C14H28N2O/c1-4-12(5-2)16-13(17)10-15-11-14(6-3)8-7-9-14/h12,15H,4-11H2,1-3H3,(H,16,17). The molecule has 0 heterocycles. The van der Waals surface area contributed by atoms with E-state index >= 15 is 0 Å². The normalized spacial score (nSPS) is 17.9. The van der Waals surface area contributed by atoms with Crippen molar-refractivity contribution < 1.29 is 4.79 Å². The zero-order valence-corrected chi connectivity index (χ0v) is 11.6. The monoisotopic (exact) mass is 240 g/mol. The summed E-state index contributed by atoms with van der Waals surface area (Å²) in [4.78, 5) is 11.7. The Bertz CT molecular complexity index is 227. The van der Waals surface area contributed by atoms with Gasteiger partial charge in [-0.05, 0) is 37.5 Å². The molecule has 100 valence electrons. The highest BCUT2D eigenvalue weighted by Crippen LogP contribution is 2.42. The van der Waals surface area contributed by atoms with Gasteiger partial charge in [-0.1, -0.05) is 27.2 Å². The second kappa shape index (κ2) is 7.00. The summed E-state index contributed by atoms with van der Waals surface area (Å²) >= 11 is 0. The third-order valence-electron chi connectivity index (χ3n) is 4.30. The van der Waals surface area contributed by atoms with Crippen molar-refractivity contribution in [1.29, 1.82) is 0 Å². The van der Waals surface area contributed by atoms with Gasteiger partial charge >= 0.3 is 0 Å². The van der Waals surface area contributed by atoms with Crippen LogP contribution in [-0.4, -0.2) is 25.0 Å². The van der Waals surface area contributed by atoms with Gasteiger partial charge in [-0.25, -0.2) is 0 Å².